The molecule has 1 aliphatic carbocycles. The van der Waals surface area contributed by atoms with E-state index in [9.17, 15) is 18.4 Å². The Balaban J connectivity index is 1.54. The minimum Gasteiger partial charge on any atom is -0.334 e. The van der Waals surface area contributed by atoms with Crippen molar-refractivity contribution in [3.63, 3.8) is 0 Å². The van der Waals surface area contributed by atoms with Crippen molar-refractivity contribution in [3.8, 4) is 0 Å². The molecule has 1 saturated carbocycles. The van der Waals surface area contributed by atoms with Gasteiger partial charge in [-0.1, -0.05) is 18.2 Å². The lowest BCUT2D eigenvalue weighted by atomic mass is 10.2. The van der Waals surface area contributed by atoms with Gasteiger partial charge in [0.2, 0.25) is 11.8 Å². The molecule has 0 aliphatic heterocycles. The summed E-state index contributed by atoms with van der Waals surface area (Å²) < 4.78 is 26.9. The topological polar surface area (TPSA) is 49.4 Å². The molecular weight excluding hydrogens is 382 g/mol. The van der Waals surface area contributed by atoms with Crippen LogP contribution < -0.4 is 5.32 Å². The van der Waals surface area contributed by atoms with Crippen LogP contribution >= 0.6 is 11.8 Å². The monoisotopic (exact) mass is 404 g/mol. The first kappa shape index (κ1) is 20.3. The first-order valence-electron chi connectivity index (χ1n) is 9.15. The molecule has 148 valence electrons. The van der Waals surface area contributed by atoms with Gasteiger partial charge in [0.1, 0.15) is 11.6 Å². The zero-order valence-corrected chi connectivity index (χ0v) is 16.3. The summed E-state index contributed by atoms with van der Waals surface area (Å²) >= 11 is 1.23. The van der Waals surface area contributed by atoms with E-state index in [1.165, 1.54) is 42.1 Å². The number of carbonyl (C=O) groups is 2. The van der Waals surface area contributed by atoms with Gasteiger partial charge in [-0.15, -0.1) is 11.8 Å². The van der Waals surface area contributed by atoms with Gasteiger partial charge in [-0.3, -0.25) is 9.59 Å². The van der Waals surface area contributed by atoms with Crippen molar-refractivity contribution >= 4 is 29.3 Å². The molecule has 1 unspecified atom stereocenters. The van der Waals surface area contributed by atoms with E-state index in [0.29, 0.717) is 11.3 Å². The van der Waals surface area contributed by atoms with Crippen molar-refractivity contribution in [2.45, 2.75) is 37.6 Å². The SMILES string of the molecule is CC(SCC(=O)Nc1ccc(F)cc1)C(=O)N(Cc1ccccc1F)C1CC1. The molecule has 3 rings (SSSR count). The van der Waals surface area contributed by atoms with Crippen LogP contribution in [0.5, 0.6) is 0 Å². The number of nitrogens with one attached hydrogen (secondary N) is 1. The quantitative estimate of drug-likeness (QED) is 0.717. The van der Waals surface area contributed by atoms with Gasteiger partial charge in [-0.25, -0.2) is 8.78 Å². The van der Waals surface area contributed by atoms with E-state index in [-0.39, 0.29) is 41.8 Å². The van der Waals surface area contributed by atoms with Crippen LogP contribution in [-0.2, 0) is 16.1 Å². The van der Waals surface area contributed by atoms with Crippen LogP contribution in [-0.4, -0.2) is 33.8 Å². The summed E-state index contributed by atoms with van der Waals surface area (Å²) in [6.07, 6.45) is 1.84. The first-order chi connectivity index (χ1) is 13.4. The van der Waals surface area contributed by atoms with E-state index in [1.807, 2.05) is 0 Å². The van der Waals surface area contributed by atoms with Crippen molar-refractivity contribution < 1.29 is 18.4 Å². The molecule has 0 bridgehead atoms. The molecule has 1 atom stereocenters. The Bertz CT molecular complexity index is 841. The molecule has 0 radical (unpaired) electrons. The molecule has 1 N–H and O–H groups in total. The Morgan fingerprint density at radius 1 is 1.14 bits per heavy atom. The lowest BCUT2D eigenvalue weighted by molar-refractivity contribution is -0.131. The summed E-state index contributed by atoms with van der Waals surface area (Å²) in [4.78, 5) is 26.7. The summed E-state index contributed by atoms with van der Waals surface area (Å²) in [5.74, 6) is -0.946. The van der Waals surface area contributed by atoms with Gasteiger partial charge < -0.3 is 10.2 Å². The van der Waals surface area contributed by atoms with Gasteiger partial charge in [0, 0.05) is 23.8 Å². The molecule has 28 heavy (non-hydrogen) atoms. The zero-order chi connectivity index (χ0) is 20.1. The summed E-state index contributed by atoms with van der Waals surface area (Å²) in [5.41, 5.74) is 0.999. The molecule has 0 aromatic heterocycles. The van der Waals surface area contributed by atoms with Crippen molar-refractivity contribution in [3.05, 3.63) is 65.7 Å². The number of halogens is 2. The Morgan fingerprint density at radius 3 is 2.46 bits per heavy atom. The molecule has 7 heteroatoms. The van der Waals surface area contributed by atoms with Gasteiger partial charge >= 0.3 is 0 Å². The molecule has 0 heterocycles. The number of thioether (sulfide) groups is 1. The van der Waals surface area contributed by atoms with Gasteiger partial charge in [0.15, 0.2) is 0 Å². The van der Waals surface area contributed by atoms with Crippen LogP contribution in [0.2, 0.25) is 0 Å². The number of anilines is 1. The fraction of sp³-hybridized carbons (Fsp3) is 0.333. The number of amides is 2. The van der Waals surface area contributed by atoms with Crippen molar-refractivity contribution in [2.24, 2.45) is 0 Å². The number of benzene rings is 2. The molecule has 1 fully saturated rings. The second-order valence-corrected chi connectivity index (χ2v) is 8.13. The fourth-order valence-corrected chi connectivity index (χ4v) is 3.57. The average molecular weight is 404 g/mol. The highest BCUT2D eigenvalue weighted by Gasteiger charge is 2.35. The Kier molecular flexibility index (Phi) is 6.67. The van der Waals surface area contributed by atoms with Crippen LogP contribution in [0.1, 0.15) is 25.3 Å². The predicted octanol–water partition coefficient (Wildman–Crippen LogP) is 4.22. The maximum Gasteiger partial charge on any atom is 0.235 e. The smallest absolute Gasteiger partial charge is 0.235 e. The van der Waals surface area contributed by atoms with E-state index in [2.05, 4.69) is 5.32 Å². The molecule has 4 nitrogen and oxygen atoms in total. The highest BCUT2D eigenvalue weighted by molar-refractivity contribution is 8.01. The molecule has 2 amide bonds. The van der Waals surface area contributed by atoms with Crippen molar-refractivity contribution in [1.82, 2.24) is 4.90 Å². The second-order valence-electron chi connectivity index (χ2n) is 6.80. The maximum absolute atomic E-state index is 14.0. The largest absolute Gasteiger partial charge is 0.334 e. The number of nitrogens with zero attached hydrogens (tertiary/aromatic N) is 1. The lowest BCUT2D eigenvalue weighted by Crippen LogP contribution is -2.38. The third kappa shape index (κ3) is 5.55. The van der Waals surface area contributed by atoms with Gasteiger partial charge in [-0.2, -0.15) is 0 Å². The highest BCUT2D eigenvalue weighted by Crippen LogP contribution is 2.31. The molecule has 1 aliphatic rings. The second kappa shape index (κ2) is 9.19. The van der Waals surface area contributed by atoms with Crippen LogP contribution in [0.15, 0.2) is 48.5 Å². The summed E-state index contributed by atoms with van der Waals surface area (Å²) in [6, 6.07) is 12.1. The summed E-state index contributed by atoms with van der Waals surface area (Å²) in [5, 5.41) is 2.25. The highest BCUT2D eigenvalue weighted by atomic mass is 32.2. The van der Waals surface area contributed by atoms with E-state index < -0.39 is 5.25 Å². The average Bonchev–Trinajstić information content (AvgIpc) is 3.52. The lowest BCUT2D eigenvalue weighted by Gasteiger charge is -2.26. The van der Waals surface area contributed by atoms with Crippen LogP contribution in [0.4, 0.5) is 14.5 Å². The minimum atomic E-state index is -0.425. The summed E-state index contributed by atoms with van der Waals surface area (Å²) in [7, 11) is 0. The molecule has 2 aromatic rings. The molecule has 0 spiro atoms. The van der Waals surface area contributed by atoms with Crippen molar-refractivity contribution in [1.29, 1.82) is 0 Å². The number of carbonyl (C=O) groups excluding carboxylic acids is 2. The summed E-state index contributed by atoms with van der Waals surface area (Å²) in [6.45, 7) is 2.00. The van der Waals surface area contributed by atoms with Crippen LogP contribution in [0, 0.1) is 11.6 Å². The van der Waals surface area contributed by atoms with E-state index in [1.54, 1.807) is 30.0 Å². The first-order valence-corrected chi connectivity index (χ1v) is 10.2. The standard InChI is InChI=1S/C21H22F2N2O2S/c1-14(28-13-20(26)24-17-8-6-16(22)7-9-17)21(27)25(18-10-11-18)12-15-4-2-3-5-19(15)23/h2-9,14,18H,10-13H2,1H3,(H,24,26). The number of rotatable bonds is 8. The van der Waals surface area contributed by atoms with E-state index in [4.69, 9.17) is 0 Å². The maximum atomic E-state index is 14.0. The zero-order valence-electron chi connectivity index (χ0n) is 15.5. The van der Waals surface area contributed by atoms with Crippen LogP contribution in [0.3, 0.4) is 0 Å². The Morgan fingerprint density at radius 2 is 1.82 bits per heavy atom. The van der Waals surface area contributed by atoms with E-state index >= 15 is 0 Å². The molecular formula is C21H22F2N2O2S. The molecule has 0 saturated heterocycles. The minimum absolute atomic E-state index is 0.0923. The van der Waals surface area contributed by atoms with Crippen molar-refractivity contribution in [2.75, 3.05) is 11.1 Å². The van der Waals surface area contributed by atoms with Crippen LogP contribution in [0.25, 0.3) is 0 Å². The predicted molar refractivity (Wildman–Crippen MR) is 107 cm³/mol. The normalized spacial score (nSPS) is 14.4. The molecule has 2 aromatic carbocycles. The van der Waals surface area contributed by atoms with E-state index in [0.717, 1.165) is 12.8 Å². The third-order valence-corrected chi connectivity index (χ3v) is 5.64. The van der Waals surface area contributed by atoms with Gasteiger partial charge in [-0.05, 0) is 50.1 Å². The number of hydrogen-bond acceptors (Lipinski definition) is 3. The Labute approximate surface area is 167 Å². The Hall–Kier alpha value is -2.41. The van der Waals surface area contributed by atoms with Gasteiger partial charge in [0.25, 0.3) is 0 Å². The van der Waals surface area contributed by atoms with Gasteiger partial charge in [0.05, 0.1) is 11.0 Å². The fourth-order valence-electron chi connectivity index (χ4n) is 2.82. The third-order valence-electron chi connectivity index (χ3n) is 4.51. The number of hydrogen-bond donors (Lipinski definition) is 1.